The smallest absolute Gasteiger partial charge is 0.232 e. The lowest BCUT2D eigenvalue weighted by Crippen LogP contribution is -2.44. The molecule has 2 aliphatic heterocycles. The van der Waals surface area contributed by atoms with Crippen molar-refractivity contribution in [2.45, 2.75) is 44.2 Å². The Bertz CT molecular complexity index is 1240. The van der Waals surface area contributed by atoms with E-state index in [0.717, 1.165) is 57.5 Å². The van der Waals surface area contributed by atoms with E-state index in [4.69, 9.17) is 25.8 Å². The third-order valence-corrected chi connectivity index (χ3v) is 7.67. The van der Waals surface area contributed by atoms with Gasteiger partial charge in [0.05, 0.1) is 31.0 Å². The zero-order valence-electron chi connectivity index (χ0n) is 21.7. The van der Waals surface area contributed by atoms with E-state index in [1.165, 1.54) is 11.8 Å². The number of β-amino-alcohol motifs (C(OH)–C–C–N with tert-alkyl or cyclic N) is 1. The van der Waals surface area contributed by atoms with Crippen molar-refractivity contribution in [3.63, 3.8) is 0 Å². The lowest BCUT2D eigenvalue weighted by Gasteiger charge is -2.35. The molecule has 1 aromatic carbocycles. The summed E-state index contributed by atoms with van der Waals surface area (Å²) >= 11 is 6.54. The number of piperidine rings is 1. The van der Waals surface area contributed by atoms with Crippen LogP contribution in [0.4, 0.5) is 0 Å². The van der Waals surface area contributed by atoms with E-state index in [1.807, 2.05) is 6.07 Å². The van der Waals surface area contributed by atoms with Crippen LogP contribution in [0, 0.1) is 5.92 Å². The van der Waals surface area contributed by atoms with E-state index in [9.17, 15) is 5.11 Å². The SMILES string of the molecule is COc1cnc2ccc(Cl)c(C(O)CN3CCCC(CNC(CC4=CC=CCC4)C4=COC=CO4)C3)c2n1. The Morgan fingerprint density at radius 1 is 1.32 bits per heavy atom. The fourth-order valence-corrected chi connectivity index (χ4v) is 5.67. The van der Waals surface area contributed by atoms with Gasteiger partial charge in [-0.25, -0.2) is 9.97 Å². The molecular formula is C29H35ClN4O4. The van der Waals surface area contributed by atoms with Crippen LogP contribution in [0.1, 0.15) is 43.8 Å². The van der Waals surface area contributed by atoms with E-state index in [-0.39, 0.29) is 6.04 Å². The number of halogens is 1. The first-order chi connectivity index (χ1) is 18.6. The lowest BCUT2D eigenvalue weighted by atomic mass is 9.94. The zero-order chi connectivity index (χ0) is 26.3. The molecule has 38 heavy (non-hydrogen) atoms. The molecule has 0 bridgehead atoms. The zero-order valence-corrected chi connectivity index (χ0v) is 22.4. The normalized spacial score (nSPS) is 21.3. The number of nitrogens with one attached hydrogen (secondary N) is 1. The van der Waals surface area contributed by atoms with Crippen LogP contribution < -0.4 is 10.1 Å². The third kappa shape index (κ3) is 6.56. The molecule has 0 radical (unpaired) electrons. The largest absolute Gasteiger partial charge is 0.480 e. The highest BCUT2D eigenvalue weighted by molar-refractivity contribution is 6.32. The molecule has 1 fully saturated rings. The van der Waals surface area contributed by atoms with Gasteiger partial charge in [-0.1, -0.05) is 35.4 Å². The van der Waals surface area contributed by atoms with Gasteiger partial charge in [-0.15, -0.1) is 0 Å². The summed E-state index contributed by atoms with van der Waals surface area (Å²) in [5.41, 5.74) is 3.26. The number of fused-ring (bicyclic) bond motifs is 1. The topological polar surface area (TPSA) is 89.0 Å². The van der Waals surface area contributed by atoms with Crippen LogP contribution in [0.15, 0.2) is 66.7 Å². The molecule has 1 saturated heterocycles. The summed E-state index contributed by atoms with van der Waals surface area (Å²) in [5, 5.41) is 15.5. The van der Waals surface area contributed by atoms with Crippen molar-refractivity contribution in [1.82, 2.24) is 20.2 Å². The maximum atomic E-state index is 11.3. The Morgan fingerprint density at radius 2 is 2.24 bits per heavy atom. The quantitative estimate of drug-likeness (QED) is 0.436. The Hall–Kier alpha value is -2.91. The van der Waals surface area contributed by atoms with Crippen molar-refractivity contribution in [3.8, 4) is 5.88 Å². The van der Waals surface area contributed by atoms with Crippen molar-refractivity contribution in [2.24, 2.45) is 5.92 Å². The molecule has 2 aromatic rings. The van der Waals surface area contributed by atoms with Gasteiger partial charge in [0.2, 0.25) is 5.88 Å². The monoisotopic (exact) mass is 538 g/mol. The van der Waals surface area contributed by atoms with E-state index in [0.29, 0.717) is 40.0 Å². The number of rotatable bonds is 10. The van der Waals surface area contributed by atoms with Crippen LogP contribution in [-0.2, 0) is 9.47 Å². The van der Waals surface area contributed by atoms with E-state index in [2.05, 4.69) is 38.4 Å². The number of hydrogen-bond acceptors (Lipinski definition) is 8. The minimum absolute atomic E-state index is 0.0433. The van der Waals surface area contributed by atoms with Gasteiger partial charge in [0, 0.05) is 23.7 Å². The van der Waals surface area contributed by atoms with Gasteiger partial charge in [-0.05, 0) is 63.2 Å². The number of allylic oxidation sites excluding steroid dienone is 3. The van der Waals surface area contributed by atoms with E-state index in [1.54, 1.807) is 31.9 Å². The fraction of sp³-hybridized carbons (Fsp3) is 0.448. The summed E-state index contributed by atoms with van der Waals surface area (Å²) in [4.78, 5) is 11.2. The molecule has 202 valence electrons. The molecule has 3 heterocycles. The van der Waals surface area contributed by atoms with Gasteiger partial charge in [-0.2, -0.15) is 0 Å². The number of likely N-dealkylation sites (tertiary alicyclic amines) is 1. The Labute approximate surface area is 228 Å². The average Bonchev–Trinajstić information content (AvgIpc) is 2.96. The predicted molar refractivity (Wildman–Crippen MR) is 147 cm³/mol. The van der Waals surface area contributed by atoms with Crippen LogP contribution in [0.5, 0.6) is 5.88 Å². The maximum absolute atomic E-state index is 11.3. The van der Waals surface area contributed by atoms with Crippen LogP contribution in [0.2, 0.25) is 5.02 Å². The van der Waals surface area contributed by atoms with Crippen molar-refractivity contribution in [1.29, 1.82) is 0 Å². The molecule has 5 rings (SSSR count). The molecule has 3 aliphatic rings. The van der Waals surface area contributed by atoms with Crippen molar-refractivity contribution >= 4 is 22.6 Å². The summed E-state index contributed by atoms with van der Waals surface area (Å²) in [7, 11) is 1.55. The maximum Gasteiger partial charge on any atom is 0.232 e. The standard InChI is InChI=1S/C29H35ClN4O4/c1-36-27-16-32-23-10-9-22(30)28(29(23)33-27)25(35)18-34-11-5-8-21(17-34)15-31-24(26-19-37-12-13-38-26)14-20-6-3-2-4-7-20/h2-3,6,9-10,12-13,16,19,21,24-25,31,35H,4-5,7-8,11,14-15,17-18H2,1H3. The Morgan fingerprint density at radius 3 is 3.03 bits per heavy atom. The first-order valence-electron chi connectivity index (χ1n) is 13.3. The van der Waals surface area contributed by atoms with Crippen LogP contribution in [0.3, 0.4) is 0 Å². The first kappa shape index (κ1) is 26.7. The molecule has 3 unspecified atom stereocenters. The van der Waals surface area contributed by atoms with Gasteiger partial charge in [0.1, 0.15) is 24.3 Å². The number of nitrogens with zero attached hydrogens (tertiary/aromatic N) is 3. The Kier molecular flexibility index (Phi) is 8.96. The number of ether oxygens (including phenoxy) is 3. The second-order valence-electron chi connectivity index (χ2n) is 10.0. The Balaban J connectivity index is 1.22. The summed E-state index contributed by atoms with van der Waals surface area (Å²) in [6, 6.07) is 3.62. The second-order valence-corrected chi connectivity index (χ2v) is 10.4. The minimum atomic E-state index is -0.789. The van der Waals surface area contributed by atoms with Crippen LogP contribution in [0.25, 0.3) is 11.0 Å². The van der Waals surface area contributed by atoms with E-state index >= 15 is 0 Å². The average molecular weight is 539 g/mol. The number of aromatic nitrogens is 2. The number of aliphatic hydroxyl groups excluding tert-OH is 1. The van der Waals surface area contributed by atoms with Gasteiger partial charge in [-0.3, -0.25) is 0 Å². The summed E-state index contributed by atoms with van der Waals surface area (Å²) in [6.07, 6.45) is 17.4. The number of hydrogen-bond donors (Lipinski definition) is 2. The van der Waals surface area contributed by atoms with E-state index < -0.39 is 6.10 Å². The number of benzene rings is 1. The summed E-state index contributed by atoms with van der Waals surface area (Å²) in [6.45, 7) is 3.14. The van der Waals surface area contributed by atoms with Gasteiger partial charge in [0.25, 0.3) is 0 Å². The minimum Gasteiger partial charge on any atom is -0.480 e. The third-order valence-electron chi connectivity index (χ3n) is 7.34. The molecular weight excluding hydrogens is 504 g/mol. The molecule has 8 nitrogen and oxygen atoms in total. The molecule has 0 saturated carbocycles. The molecule has 3 atom stereocenters. The van der Waals surface area contributed by atoms with Gasteiger partial charge in [0.15, 0.2) is 5.76 Å². The highest BCUT2D eigenvalue weighted by atomic mass is 35.5. The second kappa shape index (κ2) is 12.8. The van der Waals surface area contributed by atoms with Crippen LogP contribution in [-0.4, -0.2) is 59.3 Å². The highest BCUT2D eigenvalue weighted by Crippen LogP contribution is 2.32. The van der Waals surface area contributed by atoms with Crippen molar-refractivity contribution < 1.29 is 19.3 Å². The first-order valence-corrected chi connectivity index (χ1v) is 13.6. The molecule has 0 amide bonds. The molecule has 1 aliphatic carbocycles. The number of methoxy groups -OCH3 is 1. The summed E-state index contributed by atoms with van der Waals surface area (Å²) in [5.74, 6) is 1.64. The molecule has 2 N–H and O–H groups in total. The van der Waals surface area contributed by atoms with Gasteiger partial charge < -0.3 is 29.5 Å². The van der Waals surface area contributed by atoms with Crippen molar-refractivity contribution in [3.05, 3.63) is 77.3 Å². The van der Waals surface area contributed by atoms with Gasteiger partial charge >= 0.3 is 0 Å². The molecule has 0 spiro atoms. The summed E-state index contributed by atoms with van der Waals surface area (Å²) < 4.78 is 16.4. The highest BCUT2D eigenvalue weighted by Gasteiger charge is 2.27. The van der Waals surface area contributed by atoms with Crippen molar-refractivity contribution in [2.75, 3.05) is 33.3 Å². The lowest BCUT2D eigenvalue weighted by molar-refractivity contribution is 0.0840. The molecule has 1 aromatic heterocycles. The number of aliphatic hydroxyl groups is 1. The van der Waals surface area contributed by atoms with Crippen LogP contribution >= 0.6 is 11.6 Å². The molecule has 9 heteroatoms. The fourth-order valence-electron chi connectivity index (χ4n) is 5.40. The predicted octanol–water partition coefficient (Wildman–Crippen LogP) is 5.02.